The number of rotatable bonds is 8. The number of ether oxygens (including phenoxy) is 2. The van der Waals surface area contributed by atoms with Crippen LogP contribution in [0.1, 0.15) is 23.6 Å². The Bertz CT molecular complexity index is 1220. The van der Waals surface area contributed by atoms with Crippen molar-refractivity contribution < 1.29 is 14.3 Å². The summed E-state index contributed by atoms with van der Waals surface area (Å²) < 4.78 is 13.4. The molecule has 0 aliphatic heterocycles. The van der Waals surface area contributed by atoms with Crippen LogP contribution in [0.25, 0.3) is 6.08 Å². The second kappa shape index (κ2) is 11.7. The maximum absolute atomic E-state index is 12.6. The Labute approximate surface area is 210 Å². The van der Waals surface area contributed by atoms with E-state index < -0.39 is 5.91 Å². The summed E-state index contributed by atoms with van der Waals surface area (Å²) in [6.07, 6.45) is 1.52. The summed E-state index contributed by atoms with van der Waals surface area (Å²) in [6.45, 7) is 4.74. The number of hydrogen-bond acceptors (Lipinski definition) is 4. The van der Waals surface area contributed by atoms with Crippen LogP contribution in [0, 0.1) is 18.3 Å². The van der Waals surface area contributed by atoms with Gasteiger partial charge in [-0.2, -0.15) is 5.26 Å². The van der Waals surface area contributed by atoms with Crippen LogP contribution in [-0.4, -0.2) is 12.5 Å². The largest absolute Gasteiger partial charge is 0.490 e. The van der Waals surface area contributed by atoms with Gasteiger partial charge in [-0.15, -0.1) is 0 Å². The zero-order chi connectivity index (χ0) is 23.8. The Morgan fingerprint density at radius 2 is 1.85 bits per heavy atom. The molecule has 0 heterocycles. The highest BCUT2D eigenvalue weighted by atomic mass is 79.9. The van der Waals surface area contributed by atoms with E-state index in [2.05, 4.69) is 43.2 Å². The van der Waals surface area contributed by atoms with Crippen molar-refractivity contribution in [3.8, 4) is 17.6 Å². The van der Waals surface area contributed by atoms with E-state index >= 15 is 0 Å². The third-order valence-electron chi connectivity index (χ3n) is 4.58. The van der Waals surface area contributed by atoms with Gasteiger partial charge in [0.2, 0.25) is 0 Å². The first-order chi connectivity index (χ1) is 15.9. The third kappa shape index (κ3) is 6.95. The zero-order valence-electron chi connectivity index (χ0n) is 18.2. The number of aryl methyl sites for hydroxylation is 1. The van der Waals surface area contributed by atoms with Gasteiger partial charge in [0.05, 0.1) is 11.1 Å². The van der Waals surface area contributed by atoms with Crippen LogP contribution in [0.15, 0.2) is 75.2 Å². The molecule has 0 fully saturated rings. The quantitative estimate of drug-likeness (QED) is 0.233. The first-order valence-corrected chi connectivity index (χ1v) is 11.8. The highest BCUT2D eigenvalue weighted by Gasteiger charge is 2.15. The SMILES string of the molecule is CCOc1cc(/C=C(\C#N)C(=O)Nc2ccc(Br)cc2)cc(Br)c1OCc1cccc(C)c1. The number of nitriles is 1. The summed E-state index contributed by atoms with van der Waals surface area (Å²) in [7, 11) is 0. The molecule has 0 aromatic heterocycles. The molecule has 0 saturated carbocycles. The normalized spacial score (nSPS) is 10.9. The summed E-state index contributed by atoms with van der Waals surface area (Å²) in [4.78, 5) is 12.6. The van der Waals surface area contributed by atoms with Crippen LogP contribution >= 0.6 is 31.9 Å². The molecule has 1 amide bonds. The van der Waals surface area contributed by atoms with Crippen molar-refractivity contribution in [3.05, 3.63) is 91.9 Å². The van der Waals surface area contributed by atoms with E-state index in [4.69, 9.17) is 9.47 Å². The van der Waals surface area contributed by atoms with E-state index in [9.17, 15) is 10.1 Å². The van der Waals surface area contributed by atoms with E-state index in [0.717, 1.165) is 15.6 Å². The molecule has 3 rings (SSSR count). The lowest BCUT2D eigenvalue weighted by molar-refractivity contribution is -0.112. The lowest BCUT2D eigenvalue weighted by Gasteiger charge is -2.15. The predicted octanol–water partition coefficient (Wildman–Crippen LogP) is 7.04. The average molecular weight is 570 g/mol. The zero-order valence-corrected chi connectivity index (χ0v) is 21.4. The predicted molar refractivity (Wildman–Crippen MR) is 137 cm³/mol. The summed E-state index contributed by atoms with van der Waals surface area (Å²) in [5, 5.41) is 12.3. The fourth-order valence-electron chi connectivity index (χ4n) is 3.08. The maximum atomic E-state index is 12.6. The minimum Gasteiger partial charge on any atom is -0.490 e. The number of anilines is 1. The molecule has 0 radical (unpaired) electrons. The number of nitrogens with one attached hydrogen (secondary N) is 1. The van der Waals surface area contributed by atoms with E-state index in [1.54, 1.807) is 24.3 Å². The van der Waals surface area contributed by atoms with Gasteiger partial charge in [-0.25, -0.2) is 0 Å². The molecule has 7 heteroatoms. The maximum Gasteiger partial charge on any atom is 0.266 e. The van der Waals surface area contributed by atoms with Crippen LogP contribution in [0.4, 0.5) is 5.69 Å². The van der Waals surface area contributed by atoms with Crippen molar-refractivity contribution in [2.24, 2.45) is 0 Å². The molecule has 0 unspecified atom stereocenters. The molecule has 0 aliphatic carbocycles. The Hall–Kier alpha value is -3.08. The van der Waals surface area contributed by atoms with Crippen LogP contribution in [-0.2, 0) is 11.4 Å². The van der Waals surface area contributed by atoms with E-state index in [0.29, 0.717) is 40.4 Å². The lowest BCUT2D eigenvalue weighted by Crippen LogP contribution is -2.13. The number of halogens is 2. The molecular weight excluding hydrogens is 548 g/mol. The second-order valence-corrected chi connectivity index (χ2v) is 8.94. The number of carbonyl (C=O) groups excluding carboxylic acids is 1. The van der Waals surface area contributed by atoms with Gasteiger partial charge in [0, 0.05) is 10.2 Å². The topological polar surface area (TPSA) is 71.3 Å². The van der Waals surface area contributed by atoms with Crippen molar-refractivity contribution in [1.82, 2.24) is 0 Å². The van der Waals surface area contributed by atoms with Crippen molar-refractivity contribution >= 4 is 49.5 Å². The van der Waals surface area contributed by atoms with Crippen molar-refractivity contribution in [1.29, 1.82) is 5.26 Å². The molecule has 5 nitrogen and oxygen atoms in total. The Balaban J connectivity index is 1.84. The highest BCUT2D eigenvalue weighted by molar-refractivity contribution is 9.10. The van der Waals surface area contributed by atoms with E-state index in [1.165, 1.54) is 6.08 Å². The number of hydrogen-bond donors (Lipinski definition) is 1. The van der Waals surface area contributed by atoms with Gasteiger partial charge in [-0.3, -0.25) is 4.79 Å². The van der Waals surface area contributed by atoms with E-state index in [-0.39, 0.29) is 5.57 Å². The van der Waals surface area contributed by atoms with Gasteiger partial charge in [0.15, 0.2) is 11.5 Å². The van der Waals surface area contributed by atoms with Crippen molar-refractivity contribution in [2.75, 3.05) is 11.9 Å². The fourth-order valence-corrected chi connectivity index (χ4v) is 3.92. The first-order valence-electron chi connectivity index (χ1n) is 10.2. The van der Waals surface area contributed by atoms with Gasteiger partial charge in [-0.1, -0.05) is 45.8 Å². The van der Waals surface area contributed by atoms with Gasteiger partial charge < -0.3 is 14.8 Å². The molecule has 1 N–H and O–H groups in total. The first kappa shape index (κ1) is 24.6. The minimum atomic E-state index is -0.492. The van der Waals surface area contributed by atoms with Gasteiger partial charge >= 0.3 is 0 Å². The van der Waals surface area contributed by atoms with Crippen LogP contribution in [0.3, 0.4) is 0 Å². The lowest BCUT2D eigenvalue weighted by atomic mass is 10.1. The van der Waals surface area contributed by atoms with Crippen molar-refractivity contribution in [3.63, 3.8) is 0 Å². The summed E-state index contributed by atoms with van der Waals surface area (Å²) in [5.74, 6) is 0.596. The molecule has 0 atom stereocenters. The Kier molecular flexibility index (Phi) is 8.70. The molecule has 0 bridgehead atoms. The Morgan fingerprint density at radius 3 is 2.52 bits per heavy atom. The third-order valence-corrected chi connectivity index (χ3v) is 5.69. The summed E-state index contributed by atoms with van der Waals surface area (Å²) in [5.41, 5.74) is 3.41. The molecule has 0 aliphatic rings. The average Bonchev–Trinajstić information content (AvgIpc) is 2.78. The fraction of sp³-hybridized carbons (Fsp3) is 0.154. The highest BCUT2D eigenvalue weighted by Crippen LogP contribution is 2.38. The molecule has 3 aromatic carbocycles. The number of benzene rings is 3. The molecule has 0 spiro atoms. The monoisotopic (exact) mass is 568 g/mol. The smallest absolute Gasteiger partial charge is 0.266 e. The molecule has 33 heavy (non-hydrogen) atoms. The van der Waals surface area contributed by atoms with Gasteiger partial charge in [-0.05, 0) is 83.4 Å². The Morgan fingerprint density at radius 1 is 1.09 bits per heavy atom. The standard InChI is InChI=1S/C26H22Br2N2O3/c1-3-32-24-14-19(12-20(15-29)26(31)30-22-9-7-21(27)8-10-22)13-23(28)25(24)33-16-18-6-4-5-17(2)11-18/h4-14H,3,16H2,1-2H3,(H,30,31)/b20-12+. The number of nitrogens with zero attached hydrogens (tertiary/aromatic N) is 1. The molecule has 0 saturated heterocycles. The van der Waals surface area contributed by atoms with Gasteiger partial charge in [0.25, 0.3) is 5.91 Å². The molecular formula is C26H22Br2N2O3. The van der Waals surface area contributed by atoms with E-state index in [1.807, 2.05) is 50.2 Å². The second-order valence-electron chi connectivity index (χ2n) is 7.17. The summed E-state index contributed by atoms with van der Waals surface area (Å²) in [6, 6.07) is 20.7. The molecule has 168 valence electrons. The molecule has 3 aromatic rings. The van der Waals surface area contributed by atoms with Gasteiger partial charge in [0.1, 0.15) is 18.2 Å². The van der Waals surface area contributed by atoms with Crippen LogP contribution < -0.4 is 14.8 Å². The number of carbonyl (C=O) groups is 1. The van der Waals surface area contributed by atoms with Crippen molar-refractivity contribution in [2.45, 2.75) is 20.5 Å². The summed E-state index contributed by atoms with van der Waals surface area (Å²) >= 11 is 6.90. The minimum absolute atomic E-state index is 0.0271. The van der Waals surface area contributed by atoms with Crippen LogP contribution in [0.2, 0.25) is 0 Å². The van der Waals surface area contributed by atoms with Crippen LogP contribution in [0.5, 0.6) is 11.5 Å². The number of amides is 1.